The van der Waals surface area contributed by atoms with E-state index in [0.29, 0.717) is 19.4 Å². The lowest BCUT2D eigenvalue weighted by molar-refractivity contribution is 0.230. The van der Waals surface area contributed by atoms with Crippen LogP contribution in [0.2, 0.25) is 0 Å². The van der Waals surface area contributed by atoms with Gasteiger partial charge in [0.15, 0.2) is 5.84 Å². The SMILES string of the molecule is CCCNC(=O)NC(CC)(CC)/C(N)=N/O. The third kappa shape index (κ3) is 3.60. The maximum Gasteiger partial charge on any atom is 0.315 e. The highest BCUT2D eigenvalue weighted by atomic mass is 16.4. The maximum atomic E-state index is 11.5. The number of nitrogens with zero attached hydrogens (tertiary/aromatic N) is 1. The van der Waals surface area contributed by atoms with Crippen molar-refractivity contribution in [1.29, 1.82) is 0 Å². The van der Waals surface area contributed by atoms with Gasteiger partial charge in [-0.05, 0) is 19.3 Å². The number of amides is 2. The lowest BCUT2D eigenvalue weighted by atomic mass is 9.91. The van der Waals surface area contributed by atoms with Gasteiger partial charge in [-0.2, -0.15) is 0 Å². The summed E-state index contributed by atoms with van der Waals surface area (Å²) in [6.07, 6.45) is 2.00. The first kappa shape index (κ1) is 14.5. The molecule has 0 spiro atoms. The Kier molecular flexibility index (Phi) is 6.29. The van der Waals surface area contributed by atoms with E-state index in [9.17, 15) is 4.79 Å². The first-order valence-electron chi connectivity index (χ1n) is 5.60. The van der Waals surface area contributed by atoms with Crippen LogP contribution >= 0.6 is 0 Å². The number of nitrogens with two attached hydrogens (primary N) is 1. The van der Waals surface area contributed by atoms with Crippen LogP contribution in [0.25, 0.3) is 0 Å². The fourth-order valence-electron chi connectivity index (χ4n) is 1.45. The van der Waals surface area contributed by atoms with Crippen LogP contribution in [0.1, 0.15) is 40.0 Å². The van der Waals surface area contributed by atoms with E-state index in [1.54, 1.807) is 0 Å². The summed E-state index contributed by atoms with van der Waals surface area (Å²) in [7, 11) is 0. The third-order valence-corrected chi connectivity index (χ3v) is 2.69. The van der Waals surface area contributed by atoms with Gasteiger partial charge in [0.05, 0.1) is 0 Å². The number of urea groups is 1. The third-order valence-electron chi connectivity index (χ3n) is 2.69. The van der Waals surface area contributed by atoms with E-state index in [0.717, 1.165) is 6.42 Å². The van der Waals surface area contributed by atoms with E-state index in [4.69, 9.17) is 10.9 Å². The molecule has 16 heavy (non-hydrogen) atoms. The molecule has 0 aromatic carbocycles. The molecule has 0 radical (unpaired) electrons. The summed E-state index contributed by atoms with van der Waals surface area (Å²) >= 11 is 0. The zero-order valence-corrected chi connectivity index (χ0v) is 10.2. The van der Waals surface area contributed by atoms with Gasteiger partial charge < -0.3 is 21.6 Å². The standard InChI is InChI=1S/C10H22N4O2/c1-4-7-12-9(15)13-10(5-2,6-3)8(11)14-16/h16H,4-7H2,1-3H3,(H2,11,14)(H2,12,13,15). The smallest absolute Gasteiger partial charge is 0.315 e. The minimum atomic E-state index is -0.771. The minimum Gasteiger partial charge on any atom is -0.409 e. The van der Waals surface area contributed by atoms with Crippen molar-refractivity contribution in [2.75, 3.05) is 6.54 Å². The minimum absolute atomic E-state index is 0.0316. The number of nitrogens with one attached hydrogen (secondary N) is 2. The molecule has 0 rings (SSSR count). The summed E-state index contributed by atoms with van der Waals surface area (Å²) in [5.41, 5.74) is 4.84. The second kappa shape index (κ2) is 6.92. The molecule has 0 aliphatic carbocycles. The Morgan fingerprint density at radius 1 is 1.38 bits per heavy atom. The van der Waals surface area contributed by atoms with Gasteiger partial charge in [-0.25, -0.2) is 4.79 Å². The molecule has 0 aliphatic rings. The first-order valence-corrected chi connectivity index (χ1v) is 5.60. The van der Waals surface area contributed by atoms with Crippen molar-refractivity contribution in [1.82, 2.24) is 10.6 Å². The molecule has 0 saturated heterocycles. The number of carbonyl (C=O) groups is 1. The van der Waals surface area contributed by atoms with Crippen molar-refractivity contribution in [3.8, 4) is 0 Å². The predicted molar refractivity (Wildman–Crippen MR) is 63.5 cm³/mol. The van der Waals surface area contributed by atoms with Crippen molar-refractivity contribution in [3.63, 3.8) is 0 Å². The molecule has 94 valence electrons. The molecule has 0 bridgehead atoms. The second-order valence-corrected chi connectivity index (χ2v) is 3.66. The van der Waals surface area contributed by atoms with Crippen molar-refractivity contribution in [3.05, 3.63) is 0 Å². The molecular weight excluding hydrogens is 208 g/mol. The van der Waals surface area contributed by atoms with Gasteiger partial charge in [-0.15, -0.1) is 0 Å². The Hall–Kier alpha value is -1.46. The largest absolute Gasteiger partial charge is 0.409 e. The van der Waals surface area contributed by atoms with Crippen LogP contribution < -0.4 is 16.4 Å². The van der Waals surface area contributed by atoms with Crippen LogP contribution in [-0.4, -0.2) is 29.2 Å². The van der Waals surface area contributed by atoms with Crippen molar-refractivity contribution in [2.24, 2.45) is 10.9 Å². The fourth-order valence-corrected chi connectivity index (χ4v) is 1.45. The van der Waals surface area contributed by atoms with E-state index < -0.39 is 5.54 Å². The Bertz CT molecular complexity index is 249. The zero-order chi connectivity index (χ0) is 12.6. The molecule has 0 heterocycles. The molecule has 0 aliphatic heterocycles. The Morgan fingerprint density at radius 3 is 2.31 bits per heavy atom. The topological polar surface area (TPSA) is 99.7 Å². The highest BCUT2D eigenvalue weighted by Crippen LogP contribution is 2.15. The van der Waals surface area contributed by atoms with Gasteiger partial charge in [-0.1, -0.05) is 25.9 Å². The number of hydrogen-bond donors (Lipinski definition) is 4. The molecule has 2 amide bonds. The Balaban J connectivity index is 4.61. The quantitative estimate of drug-likeness (QED) is 0.237. The average molecular weight is 230 g/mol. The van der Waals surface area contributed by atoms with E-state index >= 15 is 0 Å². The van der Waals surface area contributed by atoms with E-state index in [-0.39, 0.29) is 11.9 Å². The van der Waals surface area contributed by atoms with Crippen molar-refractivity contribution in [2.45, 2.75) is 45.6 Å². The Labute approximate surface area is 96.3 Å². The predicted octanol–water partition coefficient (Wildman–Crippen LogP) is 1.00. The summed E-state index contributed by atoms with van der Waals surface area (Å²) in [6, 6.07) is -0.294. The van der Waals surface area contributed by atoms with Gasteiger partial charge in [-0.3, -0.25) is 0 Å². The monoisotopic (exact) mass is 230 g/mol. The van der Waals surface area contributed by atoms with Crippen LogP contribution in [0.3, 0.4) is 0 Å². The lowest BCUT2D eigenvalue weighted by Crippen LogP contribution is -2.59. The molecule has 0 saturated carbocycles. The summed E-state index contributed by atoms with van der Waals surface area (Å²) in [5.74, 6) is 0.0316. The number of hydrogen-bond acceptors (Lipinski definition) is 3. The molecule has 0 unspecified atom stereocenters. The normalized spacial score (nSPS) is 12.3. The summed E-state index contributed by atoms with van der Waals surface area (Å²) in [4.78, 5) is 11.5. The molecule has 0 atom stereocenters. The highest BCUT2D eigenvalue weighted by molar-refractivity contribution is 5.93. The van der Waals surface area contributed by atoms with Crippen LogP contribution in [0.15, 0.2) is 5.16 Å². The van der Waals surface area contributed by atoms with Gasteiger partial charge in [0, 0.05) is 6.54 Å². The summed E-state index contributed by atoms with van der Waals surface area (Å²) in [6.45, 7) is 6.32. The number of oxime groups is 1. The zero-order valence-electron chi connectivity index (χ0n) is 10.2. The number of rotatable bonds is 6. The maximum absolute atomic E-state index is 11.5. The van der Waals surface area contributed by atoms with E-state index in [2.05, 4.69) is 15.8 Å². The van der Waals surface area contributed by atoms with Crippen LogP contribution in [0, 0.1) is 0 Å². The van der Waals surface area contributed by atoms with Gasteiger partial charge >= 0.3 is 6.03 Å². The van der Waals surface area contributed by atoms with Crippen LogP contribution in [-0.2, 0) is 0 Å². The van der Waals surface area contributed by atoms with Crippen molar-refractivity contribution >= 4 is 11.9 Å². The molecule has 0 aromatic heterocycles. The van der Waals surface area contributed by atoms with Crippen molar-refractivity contribution < 1.29 is 10.0 Å². The van der Waals surface area contributed by atoms with E-state index in [1.807, 2.05) is 20.8 Å². The molecule has 0 aromatic rings. The molecule has 6 nitrogen and oxygen atoms in total. The number of amidine groups is 1. The summed E-state index contributed by atoms with van der Waals surface area (Å²) in [5, 5.41) is 17.1. The van der Waals surface area contributed by atoms with Crippen LogP contribution in [0.4, 0.5) is 4.79 Å². The highest BCUT2D eigenvalue weighted by Gasteiger charge is 2.33. The molecule has 0 fully saturated rings. The molecular formula is C10H22N4O2. The molecule has 6 heteroatoms. The number of carbonyl (C=O) groups excluding carboxylic acids is 1. The lowest BCUT2D eigenvalue weighted by Gasteiger charge is -2.31. The average Bonchev–Trinajstić information content (AvgIpc) is 2.32. The Morgan fingerprint density at radius 2 is 1.94 bits per heavy atom. The van der Waals surface area contributed by atoms with E-state index in [1.165, 1.54) is 0 Å². The van der Waals surface area contributed by atoms with Gasteiger partial charge in [0.2, 0.25) is 0 Å². The van der Waals surface area contributed by atoms with Gasteiger partial charge in [0.1, 0.15) is 5.54 Å². The first-order chi connectivity index (χ1) is 7.56. The second-order valence-electron chi connectivity index (χ2n) is 3.66. The van der Waals surface area contributed by atoms with Crippen LogP contribution in [0.5, 0.6) is 0 Å². The fraction of sp³-hybridized carbons (Fsp3) is 0.800. The molecule has 5 N–H and O–H groups in total. The summed E-state index contributed by atoms with van der Waals surface area (Å²) < 4.78 is 0. The van der Waals surface area contributed by atoms with Gasteiger partial charge in [0.25, 0.3) is 0 Å².